The van der Waals surface area contributed by atoms with Gasteiger partial charge in [-0.25, -0.2) is 4.39 Å². The van der Waals surface area contributed by atoms with Gasteiger partial charge in [-0.15, -0.1) is 0 Å². The molecule has 0 aromatic heterocycles. The smallest absolute Gasteiger partial charge is 0.258 e. The third-order valence-corrected chi connectivity index (χ3v) is 3.33. The Hall–Kier alpha value is -2.89. The number of hydrogen-bond donors (Lipinski definition) is 1. The largest absolute Gasteiger partial charge is 0.497 e. The Kier molecular flexibility index (Phi) is 5.89. The highest BCUT2D eigenvalue weighted by atomic mass is 19.1. The molecule has 0 atom stereocenters. The van der Waals surface area contributed by atoms with E-state index >= 15 is 0 Å². The lowest BCUT2D eigenvalue weighted by Gasteiger charge is -2.11. The van der Waals surface area contributed by atoms with Crippen molar-refractivity contribution >= 4 is 11.7 Å². The van der Waals surface area contributed by atoms with Crippen LogP contribution in [0.3, 0.4) is 0 Å². The van der Waals surface area contributed by atoms with Gasteiger partial charge in [-0.2, -0.15) is 0 Å². The van der Waals surface area contributed by atoms with Crippen LogP contribution >= 0.6 is 0 Å². The molecular weight excluding hydrogens is 313 g/mol. The number of rotatable bonds is 7. The molecule has 0 unspecified atom stereocenters. The molecule has 126 valence electrons. The summed E-state index contributed by atoms with van der Waals surface area (Å²) in [6.07, 6.45) is 0. The van der Waals surface area contributed by atoms with Gasteiger partial charge >= 0.3 is 0 Å². The lowest BCUT2D eigenvalue weighted by Crippen LogP contribution is -2.28. The monoisotopic (exact) mass is 331 g/mol. The van der Waals surface area contributed by atoms with Crippen LogP contribution in [0.5, 0.6) is 11.5 Å². The normalized spacial score (nSPS) is 10.1. The number of amides is 1. The number of nitrogens with one attached hydrogen (secondary N) is 1. The molecule has 0 saturated heterocycles. The second kappa shape index (κ2) is 8.10. The second-order valence-corrected chi connectivity index (χ2v) is 5.11. The van der Waals surface area contributed by atoms with Gasteiger partial charge in [0.1, 0.15) is 17.3 Å². The Morgan fingerprint density at radius 3 is 2.46 bits per heavy atom. The van der Waals surface area contributed by atoms with Crippen molar-refractivity contribution in [1.82, 2.24) is 5.32 Å². The first-order valence-electron chi connectivity index (χ1n) is 7.32. The van der Waals surface area contributed by atoms with Gasteiger partial charge in [0, 0.05) is 12.6 Å². The molecule has 0 bridgehead atoms. The molecule has 0 radical (unpaired) electrons. The summed E-state index contributed by atoms with van der Waals surface area (Å²) in [5.41, 5.74) is 1.15. The molecule has 5 nitrogen and oxygen atoms in total. The van der Waals surface area contributed by atoms with Gasteiger partial charge < -0.3 is 14.8 Å². The van der Waals surface area contributed by atoms with E-state index in [2.05, 4.69) is 5.32 Å². The van der Waals surface area contributed by atoms with E-state index in [-0.39, 0.29) is 30.7 Å². The van der Waals surface area contributed by atoms with E-state index < -0.39 is 0 Å². The summed E-state index contributed by atoms with van der Waals surface area (Å²) in [5, 5.41) is 2.66. The van der Waals surface area contributed by atoms with Crippen LogP contribution in [0.4, 0.5) is 4.39 Å². The summed E-state index contributed by atoms with van der Waals surface area (Å²) < 4.78 is 23.3. The Bertz CT molecular complexity index is 728. The number of carbonyl (C=O) groups is 2. The highest BCUT2D eigenvalue weighted by Gasteiger charge is 2.12. The van der Waals surface area contributed by atoms with Crippen LogP contribution in [0.2, 0.25) is 0 Å². The summed E-state index contributed by atoms with van der Waals surface area (Å²) >= 11 is 0. The van der Waals surface area contributed by atoms with E-state index in [1.165, 1.54) is 26.2 Å². The lowest BCUT2D eigenvalue weighted by molar-refractivity contribution is -0.123. The van der Waals surface area contributed by atoms with Crippen molar-refractivity contribution in [3.05, 3.63) is 59.4 Å². The number of Topliss-reactive ketones (excluding diaryl/α,β-unsaturated/α-hetero) is 1. The first kappa shape index (κ1) is 17.5. The lowest BCUT2D eigenvalue weighted by atomic mass is 10.1. The Labute approximate surface area is 139 Å². The van der Waals surface area contributed by atoms with Crippen molar-refractivity contribution in [2.75, 3.05) is 13.7 Å². The third-order valence-electron chi connectivity index (χ3n) is 3.33. The number of ketones is 1. The summed E-state index contributed by atoms with van der Waals surface area (Å²) in [4.78, 5) is 23.5. The van der Waals surface area contributed by atoms with Crippen molar-refractivity contribution in [2.45, 2.75) is 13.5 Å². The number of ether oxygens (including phenoxy) is 2. The Morgan fingerprint density at radius 2 is 1.83 bits per heavy atom. The molecular formula is C18H18FNO4. The zero-order valence-corrected chi connectivity index (χ0v) is 13.5. The zero-order valence-electron chi connectivity index (χ0n) is 13.5. The molecule has 1 amide bonds. The molecule has 1 N–H and O–H groups in total. The highest BCUT2D eigenvalue weighted by Crippen LogP contribution is 2.25. The maximum atomic E-state index is 12.8. The molecule has 0 saturated carbocycles. The number of carbonyl (C=O) groups excluding carboxylic acids is 2. The molecule has 6 heteroatoms. The fourth-order valence-electron chi connectivity index (χ4n) is 2.04. The van der Waals surface area contributed by atoms with E-state index in [1.807, 2.05) is 0 Å². The van der Waals surface area contributed by atoms with Gasteiger partial charge in [0.25, 0.3) is 5.91 Å². The van der Waals surface area contributed by atoms with Gasteiger partial charge in [-0.05, 0) is 36.8 Å². The molecule has 2 rings (SSSR count). The Morgan fingerprint density at radius 1 is 1.12 bits per heavy atom. The van der Waals surface area contributed by atoms with Crippen LogP contribution in [-0.4, -0.2) is 25.4 Å². The molecule has 0 spiro atoms. The Balaban J connectivity index is 1.93. The molecule has 0 aliphatic carbocycles. The summed E-state index contributed by atoms with van der Waals surface area (Å²) in [6.45, 7) is 1.44. The molecule has 2 aromatic rings. The zero-order chi connectivity index (χ0) is 17.5. The molecule has 0 fully saturated rings. The van der Waals surface area contributed by atoms with E-state index in [9.17, 15) is 14.0 Å². The second-order valence-electron chi connectivity index (χ2n) is 5.11. The first-order valence-corrected chi connectivity index (χ1v) is 7.32. The predicted molar refractivity (Wildman–Crippen MR) is 86.7 cm³/mol. The van der Waals surface area contributed by atoms with E-state index in [4.69, 9.17) is 9.47 Å². The molecule has 0 heterocycles. The SMILES string of the molecule is COc1ccc(C(C)=O)c(OCC(=O)NCc2ccc(F)cc2)c1. The van der Waals surface area contributed by atoms with Crippen LogP contribution in [0.1, 0.15) is 22.8 Å². The summed E-state index contributed by atoms with van der Waals surface area (Å²) in [7, 11) is 1.50. The maximum absolute atomic E-state index is 12.8. The topological polar surface area (TPSA) is 64.6 Å². The fourth-order valence-corrected chi connectivity index (χ4v) is 2.04. The van der Waals surface area contributed by atoms with Crippen molar-refractivity contribution in [3.8, 4) is 11.5 Å². The quantitative estimate of drug-likeness (QED) is 0.792. The van der Waals surface area contributed by atoms with Crippen molar-refractivity contribution in [3.63, 3.8) is 0 Å². The summed E-state index contributed by atoms with van der Waals surface area (Å²) in [5.74, 6) is -0.0280. The third kappa shape index (κ3) is 4.81. The van der Waals surface area contributed by atoms with Gasteiger partial charge in [0.2, 0.25) is 0 Å². The van der Waals surface area contributed by atoms with E-state index in [0.29, 0.717) is 17.1 Å². The van der Waals surface area contributed by atoms with Crippen molar-refractivity contribution in [2.24, 2.45) is 0 Å². The van der Waals surface area contributed by atoms with Crippen LogP contribution in [0.25, 0.3) is 0 Å². The minimum Gasteiger partial charge on any atom is -0.497 e. The van der Waals surface area contributed by atoms with Crippen LogP contribution in [-0.2, 0) is 11.3 Å². The number of hydrogen-bond acceptors (Lipinski definition) is 4. The van der Waals surface area contributed by atoms with Gasteiger partial charge in [-0.1, -0.05) is 12.1 Å². The molecule has 0 aliphatic rings. The minimum absolute atomic E-state index is 0.167. The number of halogens is 1. The van der Waals surface area contributed by atoms with E-state index in [0.717, 1.165) is 5.56 Å². The van der Waals surface area contributed by atoms with Crippen molar-refractivity contribution in [1.29, 1.82) is 0 Å². The van der Waals surface area contributed by atoms with Crippen molar-refractivity contribution < 1.29 is 23.5 Å². The molecule has 24 heavy (non-hydrogen) atoms. The van der Waals surface area contributed by atoms with Crippen LogP contribution in [0, 0.1) is 5.82 Å². The number of benzene rings is 2. The minimum atomic E-state index is -0.350. The van der Waals surface area contributed by atoms with E-state index in [1.54, 1.807) is 30.3 Å². The summed E-state index contributed by atoms with van der Waals surface area (Å²) in [6, 6.07) is 10.6. The standard InChI is InChI=1S/C18H18FNO4/c1-12(21)16-8-7-15(23-2)9-17(16)24-11-18(22)20-10-13-3-5-14(19)6-4-13/h3-9H,10-11H2,1-2H3,(H,20,22). The van der Waals surface area contributed by atoms with Gasteiger partial charge in [-0.3, -0.25) is 9.59 Å². The average Bonchev–Trinajstić information content (AvgIpc) is 2.59. The first-order chi connectivity index (χ1) is 11.5. The predicted octanol–water partition coefficient (Wildman–Crippen LogP) is 2.73. The van der Waals surface area contributed by atoms with Gasteiger partial charge in [0.15, 0.2) is 12.4 Å². The fraction of sp³-hybridized carbons (Fsp3) is 0.222. The van der Waals surface area contributed by atoms with Crippen LogP contribution in [0.15, 0.2) is 42.5 Å². The average molecular weight is 331 g/mol. The maximum Gasteiger partial charge on any atom is 0.258 e. The number of methoxy groups -OCH3 is 1. The van der Waals surface area contributed by atoms with Gasteiger partial charge in [0.05, 0.1) is 12.7 Å². The molecule has 2 aromatic carbocycles. The van der Waals surface area contributed by atoms with Crippen LogP contribution < -0.4 is 14.8 Å². The molecule has 0 aliphatic heterocycles. The highest BCUT2D eigenvalue weighted by molar-refractivity contribution is 5.97.